The Morgan fingerprint density at radius 1 is 1.00 bits per heavy atom. The highest BCUT2D eigenvalue weighted by molar-refractivity contribution is 9.10. The molecule has 0 aromatic heterocycles. The monoisotopic (exact) mass is 498 g/mol. The fourth-order valence-corrected chi connectivity index (χ4v) is 5.09. The van der Waals surface area contributed by atoms with Crippen LogP contribution in [-0.4, -0.2) is 30.9 Å². The Balaban J connectivity index is 1.57. The number of imide groups is 1. The molecule has 2 aliphatic rings. The van der Waals surface area contributed by atoms with E-state index in [2.05, 4.69) is 26.6 Å². The first kappa shape index (κ1) is 22.7. The van der Waals surface area contributed by atoms with Crippen LogP contribution in [0.5, 0.6) is 0 Å². The zero-order chi connectivity index (χ0) is 22.8. The first-order valence-corrected chi connectivity index (χ1v) is 11.8. The van der Waals surface area contributed by atoms with E-state index in [0.717, 1.165) is 15.6 Å². The predicted octanol–water partition coefficient (Wildman–Crippen LogP) is 4.22. The molecule has 2 N–H and O–H groups in total. The van der Waals surface area contributed by atoms with Crippen molar-refractivity contribution in [2.45, 2.75) is 49.9 Å². The van der Waals surface area contributed by atoms with Crippen molar-refractivity contribution in [1.29, 1.82) is 0 Å². The summed E-state index contributed by atoms with van der Waals surface area (Å²) in [6.45, 7) is 3.03. The minimum Gasteiger partial charge on any atom is -0.381 e. The second kappa shape index (κ2) is 9.16. The minimum atomic E-state index is -0.712. The molecule has 1 unspecified atom stereocenters. The molecule has 0 spiro atoms. The van der Waals surface area contributed by atoms with Gasteiger partial charge in [0.05, 0.1) is 10.8 Å². The Morgan fingerprint density at radius 3 is 2.22 bits per heavy atom. The standard InChI is InChI=1S/C25H27BrN2O4/c1-2-24(12-11-21(29)28-22(24)30)17-5-9-20(10-6-17)27-23(31)25(13-15-32-16-14-25)18-3-7-19(26)8-4-18/h3-10H,2,11-16H2,1H3,(H,27,31)(H,28,29,30). The van der Waals surface area contributed by atoms with Crippen molar-refractivity contribution in [2.24, 2.45) is 0 Å². The van der Waals surface area contributed by atoms with Crippen molar-refractivity contribution < 1.29 is 19.1 Å². The molecule has 4 rings (SSSR count). The van der Waals surface area contributed by atoms with Gasteiger partial charge in [-0.2, -0.15) is 0 Å². The van der Waals surface area contributed by atoms with Crippen molar-refractivity contribution >= 4 is 39.3 Å². The number of benzene rings is 2. The zero-order valence-corrected chi connectivity index (χ0v) is 19.7. The van der Waals surface area contributed by atoms with Crippen LogP contribution in [0, 0.1) is 0 Å². The van der Waals surface area contributed by atoms with Crippen LogP contribution < -0.4 is 10.6 Å². The average Bonchev–Trinajstić information content (AvgIpc) is 2.81. The summed E-state index contributed by atoms with van der Waals surface area (Å²) in [4.78, 5) is 37.7. The highest BCUT2D eigenvalue weighted by atomic mass is 79.9. The van der Waals surface area contributed by atoms with E-state index >= 15 is 0 Å². The van der Waals surface area contributed by atoms with E-state index < -0.39 is 10.8 Å². The number of piperidine rings is 1. The Labute approximate surface area is 196 Å². The molecule has 6 nitrogen and oxygen atoms in total. The van der Waals surface area contributed by atoms with E-state index in [0.29, 0.717) is 51.0 Å². The summed E-state index contributed by atoms with van der Waals surface area (Å²) in [5.74, 6) is -0.524. The maximum absolute atomic E-state index is 13.5. The lowest BCUT2D eigenvalue weighted by atomic mass is 9.72. The van der Waals surface area contributed by atoms with Gasteiger partial charge in [0.25, 0.3) is 0 Å². The molecule has 32 heavy (non-hydrogen) atoms. The van der Waals surface area contributed by atoms with E-state index in [1.807, 2.05) is 55.5 Å². The maximum atomic E-state index is 13.5. The highest BCUT2D eigenvalue weighted by Gasteiger charge is 2.43. The topological polar surface area (TPSA) is 84.5 Å². The van der Waals surface area contributed by atoms with Crippen LogP contribution in [0.4, 0.5) is 5.69 Å². The molecule has 2 aromatic carbocycles. The van der Waals surface area contributed by atoms with Gasteiger partial charge in [-0.3, -0.25) is 19.7 Å². The molecule has 2 saturated heterocycles. The number of halogens is 1. The lowest BCUT2D eigenvalue weighted by Gasteiger charge is -2.36. The molecule has 3 amide bonds. The van der Waals surface area contributed by atoms with Crippen LogP contribution in [0.3, 0.4) is 0 Å². The van der Waals surface area contributed by atoms with Gasteiger partial charge in [-0.05, 0) is 61.1 Å². The molecule has 2 fully saturated rings. The SMILES string of the molecule is CCC1(c2ccc(NC(=O)C3(c4ccc(Br)cc4)CCOCC3)cc2)CCC(=O)NC1=O. The highest BCUT2D eigenvalue weighted by Crippen LogP contribution is 2.38. The molecule has 7 heteroatoms. The molecular formula is C25H27BrN2O4. The Bertz CT molecular complexity index is 1010. The van der Waals surface area contributed by atoms with Crippen LogP contribution in [0.2, 0.25) is 0 Å². The van der Waals surface area contributed by atoms with Gasteiger partial charge >= 0.3 is 0 Å². The molecule has 2 heterocycles. The number of nitrogens with one attached hydrogen (secondary N) is 2. The Hall–Kier alpha value is -2.51. The third-order valence-electron chi connectivity index (χ3n) is 6.94. The van der Waals surface area contributed by atoms with Crippen molar-refractivity contribution in [1.82, 2.24) is 5.32 Å². The molecule has 168 valence electrons. The summed E-state index contributed by atoms with van der Waals surface area (Å²) in [7, 11) is 0. The van der Waals surface area contributed by atoms with E-state index in [1.165, 1.54) is 0 Å². The maximum Gasteiger partial charge on any atom is 0.237 e. The van der Waals surface area contributed by atoms with E-state index in [4.69, 9.17) is 4.74 Å². The average molecular weight is 499 g/mol. The van der Waals surface area contributed by atoms with Crippen LogP contribution >= 0.6 is 15.9 Å². The second-order valence-electron chi connectivity index (χ2n) is 8.55. The largest absolute Gasteiger partial charge is 0.381 e. The quantitative estimate of drug-likeness (QED) is 0.604. The van der Waals surface area contributed by atoms with Crippen molar-refractivity contribution in [3.05, 3.63) is 64.1 Å². The predicted molar refractivity (Wildman–Crippen MR) is 125 cm³/mol. The fraction of sp³-hybridized carbons (Fsp3) is 0.400. The van der Waals surface area contributed by atoms with Crippen molar-refractivity contribution in [3.63, 3.8) is 0 Å². The Morgan fingerprint density at radius 2 is 1.62 bits per heavy atom. The normalized spacial score (nSPS) is 22.8. The number of hydrogen-bond donors (Lipinski definition) is 2. The molecule has 0 radical (unpaired) electrons. The van der Waals surface area contributed by atoms with Crippen LogP contribution in [0.1, 0.15) is 50.2 Å². The number of rotatable bonds is 5. The number of ether oxygens (including phenoxy) is 1. The second-order valence-corrected chi connectivity index (χ2v) is 9.46. The van der Waals surface area contributed by atoms with Gasteiger partial charge in [0.15, 0.2) is 0 Å². The summed E-state index contributed by atoms with van der Waals surface area (Å²) >= 11 is 3.46. The first-order valence-electron chi connectivity index (χ1n) is 11.0. The minimum absolute atomic E-state index is 0.0536. The van der Waals surface area contributed by atoms with Crippen LogP contribution in [0.15, 0.2) is 53.0 Å². The third kappa shape index (κ3) is 4.11. The Kier molecular flexibility index (Phi) is 6.49. The molecule has 0 aliphatic carbocycles. The summed E-state index contributed by atoms with van der Waals surface area (Å²) in [5, 5.41) is 5.56. The van der Waals surface area contributed by atoms with Gasteiger partial charge in [0, 0.05) is 29.8 Å². The summed E-state index contributed by atoms with van der Waals surface area (Å²) in [6, 6.07) is 15.3. The lowest BCUT2D eigenvalue weighted by Crippen LogP contribution is -2.51. The van der Waals surface area contributed by atoms with Crippen molar-refractivity contribution in [3.8, 4) is 0 Å². The molecule has 1 atom stereocenters. The van der Waals surface area contributed by atoms with Crippen LogP contribution in [0.25, 0.3) is 0 Å². The number of carbonyl (C=O) groups excluding carboxylic acids is 3. The molecular weight excluding hydrogens is 472 g/mol. The van der Waals surface area contributed by atoms with Crippen molar-refractivity contribution in [2.75, 3.05) is 18.5 Å². The first-order chi connectivity index (χ1) is 15.4. The summed E-state index contributed by atoms with van der Waals surface area (Å²) in [5.41, 5.74) is 1.16. The van der Waals surface area contributed by atoms with Gasteiger partial charge in [-0.1, -0.05) is 47.1 Å². The van der Waals surface area contributed by atoms with E-state index in [-0.39, 0.29) is 17.7 Å². The number of hydrogen-bond acceptors (Lipinski definition) is 4. The van der Waals surface area contributed by atoms with E-state index in [9.17, 15) is 14.4 Å². The summed E-state index contributed by atoms with van der Waals surface area (Å²) < 4.78 is 6.51. The zero-order valence-electron chi connectivity index (χ0n) is 18.1. The summed E-state index contributed by atoms with van der Waals surface area (Å²) in [6.07, 6.45) is 2.66. The fourth-order valence-electron chi connectivity index (χ4n) is 4.83. The molecule has 0 saturated carbocycles. The molecule has 2 aromatic rings. The van der Waals surface area contributed by atoms with Gasteiger partial charge < -0.3 is 10.1 Å². The molecule has 2 aliphatic heterocycles. The smallest absolute Gasteiger partial charge is 0.237 e. The number of carbonyl (C=O) groups is 3. The lowest BCUT2D eigenvalue weighted by molar-refractivity contribution is -0.138. The van der Waals surface area contributed by atoms with E-state index in [1.54, 1.807) is 0 Å². The van der Waals surface area contributed by atoms with Gasteiger partial charge in [0.2, 0.25) is 17.7 Å². The third-order valence-corrected chi connectivity index (χ3v) is 7.47. The van der Waals surface area contributed by atoms with Gasteiger partial charge in [-0.15, -0.1) is 0 Å². The van der Waals surface area contributed by atoms with Crippen LogP contribution in [-0.2, 0) is 30.0 Å². The van der Waals surface area contributed by atoms with Gasteiger partial charge in [0.1, 0.15) is 0 Å². The molecule has 0 bridgehead atoms. The van der Waals surface area contributed by atoms with Gasteiger partial charge in [-0.25, -0.2) is 0 Å². The number of amides is 3. The number of anilines is 1.